The molecule has 0 radical (unpaired) electrons. The number of aromatic carboxylic acids is 1. The molecule has 1 aliphatic carbocycles. The first-order valence-corrected chi connectivity index (χ1v) is 11.2. The number of nitrogens with zero attached hydrogens (tertiary/aromatic N) is 2. The largest absolute Gasteiger partial charge is 0.490 e. The van der Waals surface area contributed by atoms with Crippen LogP contribution in [0, 0.1) is 11.7 Å². The molecule has 1 aliphatic rings. The molecule has 2 aromatic carbocycles. The molecule has 2 aromatic heterocycles. The number of carboxylic acids is 2. The summed E-state index contributed by atoms with van der Waals surface area (Å²) in [6.07, 6.45) is -4.58. The molecular formula is C21H12ClF5N4O5S. The number of nitrogens with one attached hydrogen (secondary N) is 2. The van der Waals surface area contributed by atoms with Gasteiger partial charge in [-0.05, 0) is 24.1 Å². The Morgan fingerprint density at radius 1 is 1.22 bits per heavy atom. The minimum absolute atomic E-state index is 0.0296. The van der Waals surface area contributed by atoms with Crippen molar-refractivity contribution in [2.24, 2.45) is 5.92 Å². The number of anilines is 1. The predicted molar refractivity (Wildman–Crippen MR) is 122 cm³/mol. The Kier molecular flexibility index (Phi) is 6.77. The Labute approximate surface area is 210 Å². The molecule has 0 unspecified atom stereocenters. The molecule has 37 heavy (non-hydrogen) atoms. The zero-order valence-corrected chi connectivity index (χ0v) is 19.4. The molecule has 0 spiro atoms. The first-order chi connectivity index (χ1) is 17.3. The lowest BCUT2D eigenvalue weighted by molar-refractivity contribution is -0.192. The third-order valence-corrected chi connectivity index (χ3v) is 6.49. The van der Waals surface area contributed by atoms with Crippen LogP contribution in [0.2, 0.25) is 5.02 Å². The van der Waals surface area contributed by atoms with Crippen LogP contribution in [0.25, 0.3) is 32.2 Å². The molecule has 1 fully saturated rings. The number of aromatic nitrogens is 3. The highest BCUT2D eigenvalue weighted by Gasteiger charge is 2.44. The van der Waals surface area contributed by atoms with E-state index in [2.05, 4.69) is 20.5 Å². The van der Waals surface area contributed by atoms with E-state index in [1.165, 1.54) is 17.5 Å². The monoisotopic (exact) mass is 562 g/mol. The molecule has 2 atom stereocenters. The van der Waals surface area contributed by atoms with Crippen LogP contribution in [-0.4, -0.2) is 55.6 Å². The SMILES string of the molecule is O=C(O)C(F)(F)F.O=C(O)c1c(F)c(Cl)c(-c2ccc3nc(NC(=O)[C@@H]4C[C@@H]4F)sc3c2)c2cn[nH]c12. The summed E-state index contributed by atoms with van der Waals surface area (Å²) in [5.74, 6) is -6.31. The maximum Gasteiger partial charge on any atom is 0.490 e. The lowest BCUT2D eigenvalue weighted by Gasteiger charge is -2.10. The number of alkyl halides is 4. The molecule has 0 saturated heterocycles. The minimum Gasteiger partial charge on any atom is -0.478 e. The highest BCUT2D eigenvalue weighted by Crippen LogP contribution is 2.41. The van der Waals surface area contributed by atoms with E-state index in [9.17, 15) is 36.6 Å². The number of hydrogen-bond acceptors (Lipinski definition) is 6. The van der Waals surface area contributed by atoms with Crippen molar-refractivity contribution in [2.45, 2.75) is 18.8 Å². The molecule has 2 heterocycles. The Morgan fingerprint density at radius 3 is 2.43 bits per heavy atom. The van der Waals surface area contributed by atoms with E-state index in [-0.39, 0.29) is 17.0 Å². The molecule has 0 bridgehead atoms. The molecule has 1 saturated carbocycles. The summed E-state index contributed by atoms with van der Waals surface area (Å²) in [7, 11) is 0. The zero-order valence-electron chi connectivity index (χ0n) is 17.9. The van der Waals surface area contributed by atoms with Crippen molar-refractivity contribution in [3.05, 3.63) is 40.8 Å². The van der Waals surface area contributed by atoms with Crippen LogP contribution in [0.1, 0.15) is 16.8 Å². The van der Waals surface area contributed by atoms with Crippen LogP contribution in [0.5, 0.6) is 0 Å². The van der Waals surface area contributed by atoms with Crippen LogP contribution in [0.3, 0.4) is 0 Å². The van der Waals surface area contributed by atoms with Gasteiger partial charge in [0, 0.05) is 10.9 Å². The average Bonchev–Trinajstić information content (AvgIpc) is 3.16. The van der Waals surface area contributed by atoms with Gasteiger partial charge < -0.3 is 15.5 Å². The van der Waals surface area contributed by atoms with Crippen molar-refractivity contribution in [1.29, 1.82) is 0 Å². The third kappa shape index (κ3) is 5.17. The first-order valence-electron chi connectivity index (χ1n) is 10.0. The summed E-state index contributed by atoms with van der Waals surface area (Å²) in [5.41, 5.74) is 0.867. The van der Waals surface area contributed by atoms with Gasteiger partial charge in [0.05, 0.1) is 32.9 Å². The van der Waals surface area contributed by atoms with Crippen LogP contribution in [0.15, 0.2) is 24.4 Å². The second-order valence-corrected chi connectivity index (χ2v) is 9.10. The Bertz CT molecular complexity index is 1570. The molecule has 5 rings (SSSR count). The van der Waals surface area contributed by atoms with Crippen molar-refractivity contribution in [1.82, 2.24) is 15.2 Å². The summed E-state index contributed by atoms with van der Waals surface area (Å²) in [6, 6.07) is 5.06. The maximum absolute atomic E-state index is 14.7. The van der Waals surface area contributed by atoms with E-state index in [1.54, 1.807) is 18.2 Å². The average molecular weight is 563 g/mol. The van der Waals surface area contributed by atoms with Gasteiger partial charge in [0.25, 0.3) is 0 Å². The fourth-order valence-corrected chi connectivity index (χ4v) is 4.58. The van der Waals surface area contributed by atoms with E-state index in [4.69, 9.17) is 21.5 Å². The molecule has 1 amide bonds. The van der Waals surface area contributed by atoms with Crippen LogP contribution >= 0.6 is 22.9 Å². The number of carboxylic acid groups (broad SMARTS) is 2. The van der Waals surface area contributed by atoms with E-state index in [0.29, 0.717) is 31.9 Å². The van der Waals surface area contributed by atoms with Crippen molar-refractivity contribution in [3.8, 4) is 11.1 Å². The summed E-state index contributed by atoms with van der Waals surface area (Å²) in [4.78, 5) is 36.6. The molecular weight excluding hydrogens is 551 g/mol. The van der Waals surface area contributed by atoms with Gasteiger partial charge in [0.15, 0.2) is 10.9 Å². The Morgan fingerprint density at radius 2 is 1.86 bits per heavy atom. The Balaban J connectivity index is 0.000000405. The second-order valence-electron chi connectivity index (χ2n) is 7.69. The standard InChI is InChI=1S/C19H11ClF2N4O3S.C2HF3O2/c20-14-12(8-5-23-26-16(8)13(15(14)22)18(28)29)6-1-2-10-11(3-6)30-19(24-10)25-17(27)7-4-9(7)21;3-2(4,5)1(6)7/h1-3,5,7,9H,4H2,(H,23,26)(H,28,29)(H,24,25,27);(H,6,7)/t7-,9+;/m1./s1. The summed E-state index contributed by atoms with van der Waals surface area (Å²) < 4.78 is 60.2. The van der Waals surface area contributed by atoms with Gasteiger partial charge in [-0.3, -0.25) is 9.89 Å². The first kappa shape index (κ1) is 26.2. The van der Waals surface area contributed by atoms with E-state index in [1.807, 2.05) is 0 Å². The molecule has 16 heteroatoms. The van der Waals surface area contributed by atoms with Gasteiger partial charge >= 0.3 is 18.1 Å². The number of carbonyl (C=O) groups excluding carboxylic acids is 1. The van der Waals surface area contributed by atoms with Crippen LogP contribution < -0.4 is 5.32 Å². The number of amides is 1. The van der Waals surface area contributed by atoms with Gasteiger partial charge in [-0.2, -0.15) is 18.3 Å². The van der Waals surface area contributed by atoms with E-state index in [0.717, 1.165) is 0 Å². The fraction of sp³-hybridized carbons (Fsp3) is 0.190. The van der Waals surface area contributed by atoms with Crippen LogP contribution in [-0.2, 0) is 9.59 Å². The lowest BCUT2D eigenvalue weighted by atomic mass is 9.98. The number of benzene rings is 2. The second kappa shape index (κ2) is 9.55. The summed E-state index contributed by atoms with van der Waals surface area (Å²) in [6.45, 7) is 0. The van der Waals surface area contributed by atoms with E-state index >= 15 is 0 Å². The number of thiazole rings is 1. The molecule has 9 nitrogen and oxygen atoms in total. The van der Waals surface area contributed by atoms with E-state index < -0.39 is 47.5 Å². The lowest BCUT2D eigenvalue weighted by Crippen LogP contribution is -2.21. The predicted octanol–water partition coefficient (Wildman–Crippen LogP) is 5.26. The molecule has 0 aliphatic heterocycles. The van der Waals surface area contributed by atoms with Crippen molar-refractivity contribution in [2.75, 3.05) is 5.32 Å². The van der Waals surface area contributed by atoms with Crippen LogP contribution in [0.4, 0.5) is 27.1 Å². The number of H-pyrrole nitrogens is 1. The summed E-state index contributed by atoms with van der Waals surface area (Å²) >= 11 is 7.40. The number of aliphatic carboxylic acids is 1. The van der Waals surface area contributed by atoms with Crippen molar-refractivity contribution >= 4 is 67.0 Å². The normalized spacial score (nSPS) is 16.8. The van der Waals surface area contributed by atoms with Crippen molar-refractivity contribution in [3.63, 3.8) is 0 Å². The fourth-order valence-electron chi connectivity index (χ4n) is 3.36. The molecule has 194 valence electrons. The number of halogens is 6. The van der Waals surface area contributed by atoms with Gasteiger partial charge in [0.1, 0.15) is 11.7 Å². The number of carbonyl (C=O) groups is 3. The number of rotatable bonds is 4. The highest BCUT2D eigenvalue weighted by atomic mass is 35.5. The smallest absolute Gasteiger partial charge is 0.478 e. The maximum atomic E-state index is 14.7. The topological polar surface area (TPSA) is 145 Å². The Hall–Kier alpha value is -3.85. The molecule has 4 aromatic rings. The van der Waals surface area contributed by atoms with Gasteiger partial charge in [0.2, 0.25) is 5.91 Å². The molecule has 4 N–H and O–H groups in total. The van der Waals surface area contributed by atoms with Gasteiger partial charge in [-0.1, -0.05) is 29.0 Å². The van der Waals surface area contributed by atoms with Gasteiger partial charge in [-0.15, -0.1) is 0 Å². The summed E-state index contributed by atoms with van der Waals surface area (Å²) in [5, 5.41) is 25.8. The number of aromatic amines is 1. The quantitative estimate of drug-likeness (QED) is 0.248. The van der Waals surface area contributed by atoms with Gasteiger partial charge in [-0.25, -0.2) is 23.4 Å². The number of fused-ring (bicyclic) bond motifs is 2. The van der Waals surface area contributed by atoms with Crippen molar-refractivity contribution < 1.29 is 46.5 Å². The zero-order chi connectivity index (χ0) is 27.2. The number of hydrogen-bond donors (Lipinski definition) is 4. The third-order valence-electron chi connectivity index (χ3n) is 5.20. The minimum atomic E-state index is -5.08. The highest BCUT2D eigenvalue weighted by molar-refractivity contribution is 7.22.